The van der Waals surface area contributed by atoms with Gasteiger partial charge in [0.25, 0.3) is 0 Å². The van der Waals surface area contributed by atoms with Crippen LogP contribution in [-0.2, 0) is 9.09 Å². The van der Waals surface area contributed by atoms with Crippen molar-refractivity contribution in [3.63, 3.8) is 0 Å². The largest absolute Gasteiger partial charge is 0.469 e. The molecule has 0 fully saturated rings. The second-order valence-electron chi connectivity index (χ2n) is 3.96. The number of hydrogen-bond donors (Lipinski definition) is 4. The fourth-order valence-electron chi connectivity index (χ4n) is 1.01. The highest BCUT2D eigenvalue weighted by Crippen LogP contribution is 2.36. The van der Waals surface area contributed by atoms with Crippen LogP contribution >= 0.6 is 7.82 Å². The Kier molecular flexibility index (Phi) is 6.59. The first kappa shape index (κ1) is 15.0. The predicted molar refractivity (Wildman–Crippen MR) is 56.4 cm³/mol. The Morgan fingerprint density at radius 2 is 2.00 bits per heavy atom. The SMILES string of the molecule is CC(C)(CCOP(=O)(O)O)NCCCO. The van der Waals surface area contributed by atoms with Crippen LogP contribution in [0.2, 0.25) is 0 Å². The van der Waals surface area contributed by atoms with Crippen molar-refractivity contribution >= 4 is 7.82 Å². The van der Waals surface area contributed by atoms with Crippen molar-refractivity contribution in [1.29, 1.82) is 0 Å². The van der Waals surface area contributed by atoms with Gasteiger partial charge in [-0.05, 0) is 33.2 Å². The van der Waals surface area contributed by atoms with E-state index in [1.54, 1.807) is 0 Å². The number of phosphoric ester groups is 1. The van der Waals surface area contributed by atoms with Crippen molar-refractivity contribution < 1.29 is 24.0 Å². The van der Waals surface area contributed by atoms with Crippen LogP contribution in [-0.4, -0.2) is 40.2 Å². The van der Waals surface area contributed by atoms with Crippen LogP contribution in [0.25, 0.3) is 0 Å². The Hall–Kier alpha value is 0.0300. The zero-order chi connectivity index (χ0) is 11.9. The minimum atomic E-state index is -4.35. The Bertz CT molecular complexity index is 215. The lowest BCUT2D eigenvalue weighted by molar-refractivity contribution is 0.174. The van der Waals surface area contributed by atoms with E-state index in [0.717, 1.165) is 0 Å². The van der Waals surface area contributed by atoms with Crippen molar-refractivity contribution in [1.82, 2.24) is 5.32 Å². The van der Waals surface area contributed by atoms with Gasteiger partial charge in [0.05, 0.1) is 6.61 Å². The van der Waals surface area contributed by atoms with Crippen molar-refractivity contribution in [2.24, 2.45) is 0 Å². The molecular weight excluding hydrogens is 221 g/mol. The normalized spacial score (nSPS) is 13.1. The molecule has 15 heavy (non-hydrogen) atoms. The molecule has 0 aromatic carbocycles. The highest BCUT2D eigenvalue weighted by atomic mass is 31.2. The monoisotopic (exact) mass is 241 g/mol. The van der Waals surface area contributed by atoms with Gasteiger partial charge in [-0.1, -0.05) is 0 Å². The Morgan fingerprint density at radius 1 is 1.40 bits per heavy atom. The number of aliphatic hydroxyl groups is 1. The summed E-state index contributed by atoms with van der Waals surface area (Å²) >= 11 is 0. The molecule has 0 heterocycles. The third-order valence-corrected chi connectivity index (χ3v) is 2.44. The smallest absolute Gasteiger partial charge is 0.396 e. The Labute approximate surface area is 89.9 Å². The summed E-state index contributed by atoms with van der Waals surface area (Å²) in [6.45, 7) is 4.62. The molecule has 4 N–H and O–H groups in total. The first-order valence-electron chi connectivity index (χ1n) is 4.83. The third kappa shape index (κ3) is 10.3. The van der Waals surface area contributed by atoms with E-state index in [-0.39, 0.29) is 18.8 Å². The molecule has 0 rings (SSSR count). The molecule has 0 aliphatic heterocycles. The van der Waals surface area contributed by atoms with E-state index in [4.69, 9.17) is 14.9 Å². The van der Waals surface area contributed by atoms with Gasteiger partial charge in [-0.3, -0.25) is 4.52 Å². The standard InChI is InChI=1S/C8H20NO5P/c1-8(2,9-5-3-6-10)4-7-14-15(11,12)13/h9-10H,3-7H2,1-2H3,(H2,11,12,13). The minimum absolute atomic E-state index is 0.00338. The summed E-state index contributed by atoms with van der Waals surface area (Å²) in [5, 5.41) is 11.7. The number of nitrogens with one attached hydrogen (secondary N) is 1. The van der Waals surface area contributed by atoms with Crippen LogP contribution < -0.4 is 5.32 Å². The maximum absolute atomic E-state index is 10.4. The van der Waals surface area contributed by atoms with E-state index in [1.807, 2.05) is 13.8 Å². The fraction of sp³-hybridized carbons (Fsp3) is 1.00. The molecule has 0 saturated carbocycles. The third-order valence-electron chi connectivity index (χ3n) is 1.92. The molecule has 0 aromatic rings. The summed E-state index contributed by atoms with van der Waals surface area (Å²) in [6, 6.07) is 0. The molecule has 0 bridgehead atoms. The van der Waals surface area contributed by atoms with Crippen LogP contribution in [0.5, 0.6) is 0 Å². The number of hydrogen-bond acceptors (Lipinski definition) is 4. The Balaban J connectivity index is 3.69. The molecule has 7 heteroatoms. The molecule has 0 radical (unpaired) electrons. The first-order valence-corrected chi connectivity index (χ1v) is 6.36. The van der Waals surface area contributed by atoms with Crippen LogP contribution in [0, 0.1) is 0 Å². The van der Waals surface area contributed by atoms with E-state index < -0.39 is 7.82 Å². The lowest BCUT2D eigenvalue weighted by atomic mass is 10.0. The second-order valence-corrected chi connectivity index (χ2v) is 5.20. The summed E-state index contributed by atoms with van der Waals surface area (Å²) in [6.07, 6.45) is 1.15. The number of phosphoric acid groups is 1. The van der Waals surface area contributed by atoms with Gasteiger partial charge in [0.15, 0.2) is 0 Å². The first-order chi connectivity index (χ1) is 6.77. The average molecular weight is 241 g/mol. The molecule has 0 spiro atoms. The second kappa shape index (κ2) is 6.58. The molecule has 0 aliphatic carbocycles. The molecule has 0 unspecified atom stereocenters. The van der Waals surface area contributed by atoms with Gasteiger partial charge < -0.3 is 20.2 Å². The van der Waals surface area contributed by atoms with Gasteiger partial charge in [-0.15, -0.1) is 0 Å². The van der Waals surface area contributed by atoms with Crippen LogP contribution in [0.15, 0.2) is 0 Å². The van der Waals surface area contributed by atoms with Gasteiger partial charge in [-0.25, -0.2) is 4.57 Å². The summed E-state index contributed by atoms with van der Waals surface area (Å²) < 4.78 is 14.7. The van der Waals surface area contributed by atoms with Crippen LogP contribution in [0.3, 0.4) is 0 Å². The minimum Gasteiger partial charge on any atom is -0.396 e. The van der Waals surface area contributed by atoms with E-state index in [2.05, 4.69) is 9.84 Å². The zero-order valence-electron chi connectivity index (χ0n) is 9.14. The van der Waals surface area contributed by atoms with Crippen molar-refractivity contribution in [3.05, 3.63) is 0 Å². The molecule has 0 amide bonds. The van der Waals surface area contributed by atoms with Gasteiger partial charge in [0.2, 0.25) is 0 Å². The topological polar surface area (TPSA) is 99.0 Å². The number of aliphatic hydroxyl groups excluding tert-OH is 1. The molecule has 6 nitrogen and oxygen atoms in total. The van der Waals surface area contributed by atoms with Gasteiger partial charge in [0, 0.05) is 12.1 Å². The predicted octanol–water partition coefficient (Wildman–Crippen LogP) is 0.236. The zero-order valence-corrected chi connectivity index (χ0v) is 10.0. The molecule has 0 saturated heterocycles. The summed E-state index contributed by atoms with van der Waals surface area (Å²) in [5.74, 6) is 0. The quantitative estimate of drug-likeness (QED) is 0.359. The lowest BCUT2D eigenvalue weighted by Crippen LogP contribution is -2.40. The van der Waals surface area contributed by atoms with Crippen LogP contribution in [0.4, 0.5) is 0 Å². The van der Waals surface area contributed by atoms with Crippen LogP contribution in [0.1, 0.15) is 26.7 Å². The van der Waals surface area contributed by atoms with E-state index in [0.29, 0.717) is 19.4 Å². The molecule has 92 valence electrons. The Morgan fingerprint density at radius 3 is 2.47 bits per heavy atom. The van der Waals surface area contributed by atoms with Crippen molar-refractivity contribution in [2.75, 3.05) is 19.8 Å². The van der Waals surface area contributed by atoms with E-state index in [1.165, 1.54) is 0 Å². The molecule has 0 aliphatic rings. The number of rotatable bonds is 8. The van der Waals surface area contributed by atoms with E-state index in [9.17, 15) is 4.57 Å². The fourth-order valence-corrected chi connectivity index (χ4v) is 1.34. The molecular formula is C8H20NO5P. The van der Waals surface area contributed by atoms with Crippen molar-refractivity contribution in [2.45, 2.75) is 32.2 Å². The van der Waals surface area contributed by atoms with Crippen molar-refractivity contribution in [3.8, 4) is 0 Å². The lowest BCUT2D eigenvalue weighted by Gasteiger charge is -2.26. The maximum atomic E-state index is 10.4. The highest BCUT2D eigenvalue weighted by molar-refractivity contribution is 7.46. The maximum Gasteiger partial charge on any atom is 0.469 e. The summed E-state index contributed by atoms with van der Waals surface area (Å²) in [5.41, 5.74) is -0.260. The summed E-state index contributed by atoms with van der Waals surface area (Å²) in [7, 11) is -4.35. The molecule has 0 aromatic heterocycles. The van der Waals surface area contributed by atoms with E-state index >= 15 is 0 Å². The van der Waals surface area contributed by atoms with Gasteiger partial charge >= 0.3 is 7.82 Å². The highest BCUT2D eigenvalue weighted by Gasteiger charge is 2.19. The van der Waals surface area contributed by atoms with Gasteiger partial charge in [0.1, 0.15) is 0 Å². The average Bonchev–Trinajstić information content (AvgIpc) is 2.01. The molecule has 0 atom stereocenters. The summed E-state index contributed by atoms with van der Waals surface area (Å²) in [4.78, 5) is 16.9. The van der Waals surface area contributed by atoms with Gasteiger partial charge in [-0.2, -0.15) is 0 Å².